The molecule has 0 spiro atoms. The first kappa shape index (κ1) is 6.34. The van der Waals surface area contributed by atoms with Crippen LogP contribution in [0.2, 0.25) is 0 Å². The summed E-state index contributed by atoms with van der Waals surface area (Å²) >= 11 is 0. The van der Waals surface area contributed by atoms with Crippen molar-refractivity contribution in [1.82, 2.24) is 4.98 Å². The molecule has 0 atom stereocenters. The molecule has 3 nitrogen and oxygen atoms in total. The van der Waals surface area contributed by atoms with Gasteiger partial charge in [0.25, 0.3) is 0 Å². The molecule has 3 heteroatoms. The van der Waals surface area contributed by atoms with E-state index in [4.69, 9.17) is 0 Å². The van der Waals surface area contributed by atoms with Crippen molar-refractivity contribution in [3.8, 4) is 0 Å². The Hall–Kier alpha value is -1.38. The van der Waals surface area contributed by atoms with E-state index in [1.807, 2.05) is 19.2 Å². The molecule has 0 saturated carbocycles. The molecule has 0 saturated heterocycles. The SMILES string of the molecule is CC1=NCc2ccncc2N1. The molecule has 2 rings (SSSR count). The standard InChI is InChI=1S/C8H9N3/c1-6-10-4-7-2-3-9-5-8(7)11-6/h2-3,5H,4H2,1H3,(H,10,11). The highest BCUT2D eigenvalue weighted by Gasteiger charge is 2.06. The molecule has 0 bridgehead atoms. The second-order valence-corrected chi connectivity index (χ2v) is 2.56. The molecule has 2 heterocycles. The molecule has 0 amide bonds. The number of anilines is 1. The van der Waals surface area contributed by atoms with Gasteiger partial charge in [-0.3, -0.25) is 9.98 Å². The average molecular weight is 147 g/mol. The van der Waals surface area contributed by atoms with Crippen LogP contribution in [-0.4, -0.2) is 10.8 Å². The summed E-state index contributed by atoms with van der Waals surface area (Å²) in [7, 11) is 0. The van der Waals surface area contributed by atoms with E-state index in [1.165, 1.54) is 5.56 Å². The van der Waals surface area contributed by atoms with Gasteiger partial charge in [0.05, 0.1) is 24.3 Å². The van der Waals surface area contributed by atoms with Crippen LogP contribution < -0.4 is 5.32 Å². The number of hydrogen-bond acceptors (Lipinski definition) is 3. The molecule has 1 aromatic heterocycles. The first-order chi connectivity index (χ1) is 5.36. The van der Waals surface area contributed by atoms with Crippen molar-refractivity contribution in [2.45, 2.75) is 13.5 Å². The van der Waals surface area contributed by atoms with Gasteiger partial charge in [0, 0.05) is 11.8 Å². The van der Waals surface area contributed by atoms with Gasteiger partial charge in [0.1, 0.15) is 0 Å². The fourth-order valence-electron chi connectivity index (χ4n) is 1.11. The van der Waals surface area contributed by atoms with E-state index in [9.17, 15) is 0 Å². The Kier molecular flexibility index (Phi) is 1.35. The van der Waals surface area contributed by atoms with Gasteiger partial charge >= 0.3 is 0 Å². The minimum atomic E-state index is 0.774. The lowest BCUT2D eigenvalue weighted by molar-refractivity contribution is 1.03. The maximum atomic E-state index is 4.25. The fourth-order valence-corrected chi connectivity index (χ4v) is 1.11. The average Bonchev–Trinajstić information content (AvgIpc) is 2.04. The molecular formula is C8H9N3. The third-order valence-corrected chi connectivity index (χ3v) is 1.71. The van der Waals surface area contributed by atoms with E-state index in [2.05, 4.69) is 15.3 Å². The fraction of sp³-hybridized carbons (Fsp3) is 0.250. The van der Waals surface area contributed by atoms with Crippen molar-refractivity contribution in [1.29, 1.82) is 0 Å². The van der Waals surface area contributed by atoms with Gasteiger partial charge in [0.2, 0.25) is 0 Å². The maximum absolute atomic E-state index is 4.25. The van der Waals surface area contributed by atoms with Crippen molar-refractivity contribution in [2.75, 3.05) is 5.32 Å². The molecule has 0 aliphatic carbocycles. The van der Waals surface area contributed by atoms with E-state index in [1.54, 1.807) is 6.20 Å². The third-order valence-electron chi connectivity index (χ3n) is 1.71. The predicted molar refractivity (Wildman–Crippen MR) is 44.7 cm³/mol. The number of nitrogens with zero attached hydrogens (tertiary/aromatic N) is 2. The van der Waals surface area contributed by atoms with Crippen LogP contribution in [-0.2, 0) is 6.54 Å². The van der Waals surface area contributed by atoms with E-state index in [-0.39, 0.29) is 0 Å². The first-order valence-electron chi connectivity index (χ1n) is 3.57. The molecule has 11 heavy (non-hydrogen) atoms. The number of amidine groups is 1. The summed E-state index contributed by atoms with van der Waals surface area (Å²) in [6.07, 6.45) is 3.62. The quantitative estimate of drug-likeness (QED) is 0.602. The lowest BCUT2D eigenvalue weighted by atomic mass is 10.2. The molecule has 56 valence electrons. The molecule has 0 unspecified atom stereocenters. The highest BCUT2D eigenvalue weighted by Crippen LogP contribution is 2.17. The minimum absolute atomic E-state index is 0.774. The van der Waals surface area contributed by atoms with E-state index >= 15 is 0 Å². The summed E-state index contributed by atoms with van der Waals surface area (Å²) < 4.78 is 0. The zero-order valence-electron chi connectivity index (χ0n) is 6.33. The number of pyridine rings is 1. The van der Waals surface area contributed by atoms with Crippen molar-refractivity contribution in [3.05, 3.63) is 24.0 Å². The number of fused-ring (bicyclic) bond motifs is 1. The lowest BCUT2D eigenvalue weighted by Gasteiger charge is -2.14. The first-order valence-corrected chi connectivity index (χ1v) is 3.57. The summed E-state index contributed by atoms with van der Waals surface area (Å²) in [6.45, 7) is 2.73. The Morgan fingerprint density at radius 1 is 1.55 bits per heavy atom. The van der Waals surface area contributed by atoms with Crippen LogP contribution in [0.25, 0.3) is 0 Å². The smallest absolute Gasteiger partial charge is 0.0980 e. The van der Waals surface area contributed by atoms with Gasteiger partial charge in [-0.2, -0.15) is 0 Å². The largest absolute Gasteiger partial charge is 0.343 e. The maximum Gasteiger partial charge on any atom is 0.0980 e. The second-order valence-electron chi connectivity index (χ2n) is 2.56. The normalized spacial score (nSPS) is 14.8. The van der Waals surface area contributed by atoms with Crippen LogP contribution in [0, 0.1) is 0 Å². The number of aliphatic imine (C=N–C) groups is 1. The number of aromatic nitrogens is 1. The number of hydrogen-bond donors (Lipinski definition) is 1. The van der Waals surface area contributed by atoms with Crippen LogP contribution in [0.4, 0.5) is 5.69 Å². The Morgan fingerprint density at radius 2 is 2.45 bits per heavy atom. The van der Waals surface area contributed by atoms with Gasteiger partial charge in [-0.25, -0.2) is 0 Å². The lowest BCUT2D eigenvalue weighted by Crippen LogP contribution is -2.13. The van der Waals surface area contributed by atoms with Gasteiger partial charge in [0.15, 0.2) is 0 Å². The van der Waals surface area contributed by atoms with Gasteiger partial charge in [-0.1, -0.05) is 0 Å². The molecule has 0 aromatic carbocycles. The molecule has 1 aliphatic rings. The molecular weight excluding hydrogens is 138 g/mol. The molecule has 0 radical (unpaired) electrons. The Morgan fingerprint density at radius 3 is 3.36 bits per heavy atom. The van der Waals surface area contributed by atoms with E-state index < -0.39 is 0 Å². The topological polar surface area (TPSA) is 37.3 Å². The van der Waals surface area contributed by atoms with Crippen LogP contribution in [0.15, 0.2) is 23.5 Å². The number of nitrogens with one attached hydrogen (secondary N) is 1. The summed E-state index contributed by atoms with van der Waals surface area (Å²) in [6, 6.07) is 1.98. The van der Waals surface area contributed by atoms with Crippen LogP contribution in [0.5, 0.6) is 0 Å². The molecule has 1 aromatic rings. The van der Waals surface area contributed by atoms with Gasteiger partial charge < -0.3 is 5.32 Å². The van der Waals surface area contributed by atoms with Gasteiger partial charge in [-0.15, -0.1) is 0 Å². The second kappa shape index (κ2) is 2.34. The zero-order valence-corrected chi connectivity index (χ0v) is 6.33. The molecule has 0 fully saturated rings. The Labute approximate surface area is 65.2 Å². The Balaban J connectivity index is 2.42. The third kappa shape index (κ3) is 1.09. The molecule has 1 N–H and O–H groups in total. The number of rotatable bonds is 0. The Bertz CT molecular complexity index is 304. The zero-order chi connectivity index (χ0) is 7.68. The molecule has 1 aliphatic heterocycles. The highest BCUT2D eigenvalue weighted by molar-refractivity contribution is 5.95. The monoisotopic (exact) mass is 147 g/mol. The summed E-state index contributed by atoms with van der Waals surface area (Å²) in [5.41, 5.74) is 2.30. The van der Waals surface area contributed by atoms with Crippen LogP contribution in [0.3, 0.4) is 0 Å². The van der Waals surface area contributed by atoms with Crippen molar-refractivity contribution >= 4 is 11.5 Å². The van der Waals surface area contributed by atoms with E-state index in [0.717, 1.165) is 18.1 Å². The predicted octanol–water partition coefficient (Wildman–Crippen LogP) is 1.43. The van der Waals surface area contributed by atoms with Crippen LogP contribution in [0.1, 0.15) is 12.5 Å². The van der Waals surface area contributed by atoms with Crippen LogP contribution >= 0.6 is 0 Å². The summed E-state index contributed by atoms with van der Waals surface area (Å²) in [5, 5.41) is 3.15. The van der Waals surface area contributed by atoms with Crippen molar-refractivity contribution in [2.24, 2.45) is 4.99 Å². The van der Waals surface area contributed by atoms with Crippen molar-refractivity contribution in [3.63, 3.8) is 0 Å². The minimum Gasteiger partial charge on any atom is -0.343 e. The van der Waals surface area contributed by atoms with Gasteiger partial charge in [-0.05, 0) is 13.0 Å². The summed E-state index contributed by atoms with van der Waals surface area (Å²) in [4.78, 5) is 8.26. The van der Waals surface area contributed by atoms with Crippen molar-refractivity contribution < 1.29 is 0 Å². The van der Waals surface area contributed by atoms with E-state index in [0.29, 0.717) is 0 Å². The highest BCUT2D eigenvalue weighted by atomic mass is 15.0. The summed E-state index contributed by atoms with van der Waals surface area (Å²) in [5.74, 6) is 0.963.